The van der Waals surface area contributed by atoms with Crippen molar-refractivity contribution < 1.29 is 21.4 Å². The normalized spacial score (nSPS) is 16.5. The van der Waals surface area contributed by atoms with Gasteiger partial charge in [-0.2, -0.15) is 0 Å². The zero-order valence-electron chi connectivity index (χ0n) is 37.0. The molecule has 0 aromatic heterocycles. The summed E-state index contributed by atoms with van der Waals surface area (Å²) in [5.41, 5.74) is 21.6. The zero-order chi connectivity index (χ0) is 41.3. The van der Waals surface area contributed by atoms with Crippen molar-refractivity contribution in [1.82, 2.24) is 0 Å². The van der Waals surface area contributed by atoms with Gasteiger partial charge in [0.05, 0.1) is 0 Å². The number of unbranched alkanes of at least 4 members (excludes halogenated alkanes) is 2. The van der Waals surface area contributed by atoms with Gasteiger partial charge in [-0.25, -0.2) is 0 Å². The molecular weight excluding hydrogens is 903 g/mol. The van der Waals surface area contributed by atoms with Crippen LogP contribution in [0.2, 0.25) is 0 Å². The molecule has 0 N–H and O–H groups in total. The first-order chi connectivity index (χ1) is 29.4. The molecular formula is C58H63HfSi. The van der Waals surface area contributed by atoms with Gasteiger partial charge in [0.2, 0.25) is 0 Å². The van der Waals surface area contributed by atoms with Gasteiger partial charge in [0, 0.05) is 0 Å². The first kappa shape index (κ1) is 41.3. The fraction of sp³-hybridized carbons (Fsp3) is 0.310. The minimum atomic E-state index is -3.15. The molecule has 2 unspecified atom stereocenters. The van der Waals surface area contributed by atoms with Crippen molar-refractivity contribution in [2.45, 2.75) is 100 Å². The van der Waals surface area contributed by atoms with E-state index in [0.29, 0.717) is 19.2 Å². The summed E-state index contributed by atoms with van der Waals surface area (Å²) in [6, 6.07) is 50.5. The molecule has 2 heteroatoms. The molecule has 0 radical (unpaired) electrons. The summed E-state index contributed by atoms with van der Waals surface area (Å²) >= 11 is -3.15. The second-order valence-electron chi connectivity index (χ2n) is 18.8. The molecule has 0 saturated heterocycles. The van der Waals surface area contributed by atoms with Gasteiger partial charge >= 0.3 is 374 Å². The molecule has 2 atom stereocenters. The topological polar surface area (TPSA) is 0 Å². The van der Waals surface area contributed by atoms with E-state index >= 15 is 0 Å². The quantitative estimate of drug-likeness (QED) is 0.0899. The van der Waals surface area contributed by atoms with E-state index in [2.05, 4.69) is 181 Å². The molecule has 0 saturated carbocycles. The van der Waals surface area contributed by atoms with E-state index in [1.165, 1.54) is 88.6 Å². The Morgan fingerprint density at radius 1 is 0.483 bits per heavy atom. The fourth-order valence-corrected chi connectivity index (χ4v) is 30.5. The summed E-state index contributed by atoms with van der Waals surface area (Å²) in [4.78, 5) is 0. The molecule has 9 rings (SSSR count). The van der Waals surface area contributed by atoms with Gasteiger partial charge in [-0.1, -0.05) is 0 Å². The van der Waals surface area contributed by atoms with E-state index in [0.717, 1.165) is 12.8 Å². The fourth-order valence-electron chi connectivity index (χ4n) is 11.0. The minimum absolute atomic E-state index is 0.510. The third kappa shape index (κ3) is 7.81. The first-order valence-electron chi connectivity index (χ1n) is 23.3. The second kappa shape index (κ2) is 18.1. The molecule has 0 nitrogen and oxygen atoms in total. The van der Waals surface area contributed by atoms with Crippen LogP contribution in [0.1, 0.15) is 121 Å². The van der Waals surface area contributed by atoms with Crippen LogP contribution in [-0.4, -0.2) is 9.52 Å². The van der Waals surface area contributed by atoms with Crippen LogP contribution < -0.4 is 13.7 Å². The first-order valence-corrected chi connectivity index (χ1v) is 30.6. The monoisotopic (exact) mass is 967 g/mol. The molecule has 0 bridgehead atoms. The number of fused-ring (bicyclic) bond motifs is 5. The molecule has 0 amide bonds. The number of hydrogen-bond donors (Lipinski definition) is 0. The number of benzene rings is 6. The molecule has 1 aliphatic heterocycles. The van der Waals surface area contributed by atoms with Crippen molar-refractivity contribution in [2.75, 3.05) is 0 Å². The van der Waals surface area contributed by atoms with Crippen LogP contribution in [0.25, 0.3) is 45.5 Å². The molecule has 0 spiro atoms. The van der Waals surface area contributed by atoms with Crippen molar-refractivity contribution in [2.24, 2.45) is 11.8 Å². The van der Waals surface area contributed by atoms with Crippen LogP contribution in [0.4, 0.5) is 0 Å². The van der Waals surface area contributed by atoms with Crippen molar-refractivity contribution in [1.29, 1.82) is 0 Å². The van der Waals surface area contributed by atoms with Gasteiger partial charge in [-0.3, -0.25) is 0 Å². The third-order valence-electron chi connectivity index (χ3n) is 13.6. The summed E-state index contributed by atoms with van der Waals surface area (Å²) in [5.74, 6) is 1.22. The zero-order valence-corrected chi connectivity index (χ0v) is 42.0. The summed E-state index contributed by atoms with van der Waals surface area (Å²) in [7, 11) is -0.620. The molecule has 0 fully saturated rings. The predicted octanol–water partition coefficient (Wildman–Crippen LogP) is 13.4. The Morgan fingerprint density at radius 2 is 0.933 bits per heavy atom. The van der Waals surface area contributed by atoms with E-state index in [9.17, 15) is 0 Å². The summed E-state index contributed by atoms with van der Waals surface area (Å²) in [6.07, 6.45) is 15.0. The van der Waals surface area contributed by atoms with Crippen molar-refractivity contribution in [3.63, 3.8) is 0 Å². The van der Waals surface area contributed by atoms with E-state index < -0.39 is 31.0 Å². The maximum atomic E-state index is 2.74. The van der Waals surface area contributed by atoms with E-state index in [1.807, 2.05) is 3.32 Å². The molecule has 3 aliphatic rings. The van der Waals surface area contributed by atoms with Crippen LogP contribution in [-0.2, 0) is 34.3 Å². The second-order valence-corrected chi connectivity index (χ2v) is 29.9. The summed E-state index contributed by atoms with van der Waals surface area (Å²) < 4.78 is 2.85. The molecule has 303 valence electrons. The van der Waals surface area contributed by atoms with Gasteiger partial charge in [-0.15, -0.1) is 0 Å². The SMILES string of the molecule is CCCCC1=Cc2c(-c3ccccc3CC(C)C)cccc2[CH]1[Hf]([c]1cccc2c1[SiH2]c1ccccc1-2)[CH]1C(CCCC)=Cc2c(-c3ccccc3CC(C)C)cccc21. The molecule has 6 aromatic carbocycles. The third-order valence-corrected chi connectivity index (χ3v) is 30.3. The van der Waals surface area contributed by atoms with Crippen LogP contribution in [0.3, 0.4) is 0 Å². The number of allylic oxidation sites excluding steroid dienone is 2. The maximum absolute atomic E-state index is 3.15. The molecule has 60 heavy (non-hydrogen) atoms. The average Bonchev–Trinajstić information content (AvgIpc) is 3.94. The Morgan fingerprint density at radius 3 is 1.45 bits per heavy atom. The van der Waals surface area contributed by atoms with Crippen LogP contribution in [0.15, 0.2) is 139 Å². The van der Waals surface area contributed by atoms with Crippen LogP contribution in [0, 0.1) is 11.8 Å². The summed E-state index contributed by atoms with van der Waals surface area (Å²) in [5, 5.41) is 3.42. The molecule has 1 heterocycles. The Bertz CT molecular complexity index is 2450. The Hall–Kier alpha value is -4.11. The van der Waals surface area contributed by atoms with Crippen molar-refractivity contribution >= 4 is 35.4 Å². The average molecular weight is 967 g/mol. The van der Waals surface area contributed by atoms with Crippen LogP contribution >= 0.6 is 0 Å². The molecule has 6 aromatic rings. The van der Waals surface area contributed by atoms with Crippen molar-refractivity contribution in [3.05, 3.63) is 172 Å². The van der Waals surface area contributed by atoms with Gasteiger partial charge in [0.15, 0.2) is 0 Å². The predicted molar refractivity (Wildman–Crippen MR) is 261 cm³/mol. The van der Waals surface area contributed by atoms with Gasteiger partial charge in [0.25, 0.3) is 0 Å². The van der Waals surface area contributed by atoms with E-state index in [-0.39, 0.29) is 0 Å². The Balaban J connectivity index is 1.29. The standard InChI is InChI=1S/2C23H27.C12H9Si.Hf/c2*1-4-5-9-18-15-20-11-8-13-22(23(20)16-18)21-12-7-6-10-19(21)14-17(2)3;1-3-7-11-9(5-1)10-6-2-4-8-12(10)13-11;/h2*6-8,10-13,15-17H,4-5,9,14H2,1-3H3;1-7H,13H2;. The summed E-state index contributed by atoms with van der Waals surface area (Å²) in [6.45, 7) is 14.2. The van der Waals surface area contributed by atoms with Gasteiger partial charge < -0.3 is 0 Å². The van der Waals surface area contributed by atoms with E-state index in [1.54, 1.807) is 38.2 Å². The number of rotatable bonds is 15. The molecule has 2 aliphatic carbocycles. The van der Waals surface area contributed by atoms with Crippen LogP contribution in [0.5, 0.6) is 0 Å². The number of hydrogen-bond acceptors (Lipinski definition) is 0. The van der Waals surface area contributed by atoms with E-state index in [4.69, 9.17) is 0 Å². The Kier molecular flexibility index (Phi) is 12.4. The van der Waals surface area contributed by atoms with Gasteiger partial charge in [-0.05, 0) is 0 Å². The van der Waals surface area contributed by atoms with Gasteiger partial charge in [0.1, 0.15) is 0 Å². The van der Waals surface area contributed by atoms with Crippen molar-refractivity contribution in [3.8, 4) is 33.4 Å². The Labute approximate surface area is 371 Å².